The van der Waals surface area contributed by atoms with E-state index in [0.29, 0.717) is 46.8 Å². The van der Waals surface area contributed by atoms with Crippen molar-refractivity contribution in [3.05, 3.63) is 28.2 Å². The summed E-state index contributed by atoms with van der Waals surface area (Å²) >= 11 is 12.3. The highest BCUT2D eigenvalue weighted by Gasteiger charge is 2.32. The number of nitrogen functional groups attached to an aromatic ring is 1. The minimum Gasteiger partial charge on any atom is -0.460 e. The molecule has 0 amide bonds. The number of benzene rings is 1. The van der Waals surface area contributed by atoms with Crippen molar-refractivity contribution in [3.8, 4) is 11.3 Å². The molecular formula is C18H21Cl2N5O2. The molecule has 2 heterocycles. The van der Waals surface area contributed by atoms with Gasteiger partial charge in [0, 0.05) is 24.6 Å². The molecule has 0 unspecified atom stereocenters. The first-order valence-electron chi connectivity index (χ1n) is 8.55. The molecule has 1 fully saturated rings. The Morgan fingerprint density at radius 3 is 2.63 bits per heavy atom. The van der Waals surface area contributed by atoms with E-state index in [1.807, 2.05) is 25.7 Å². The smallest absolute Gasteiger partial charge is 0.306 e. The highest BCUT2D eigenvalue weighted by molar-refractivity contribution is 6.43. The lowest BCUT2D eigenvalue weighted by Crippen LogP contribution is -2.49. The Hall–Kier alpha value is -2.12. The third-order valence-electron chi connectivity index (χ3n) is 4.02. The van der Waals surface area contributed by atoms with Crippen LogP contribution in [0.4, 0.5) is 11.8 Å². The minimum absolute atomic E-state index is 0.198. The number of nitrogens with two attached hydrogens (primary N) is 1. The van der Waals surface area contributed by atoms with Gasteiger partial charge in [-0.05, 0) is 26.8 Å². The van der Waals surface area contributed by atoms with E-state index < -0.39 is 5.60 Å². The highest BCUT2D eigenvalue weighted by atomic mass is 35.5. The second kappa shape index (κ2) is 7.48. The van der Waals surface area contributed by atoms with Crippen molar-refractivity contribution < 1.29 is 9.53 Å². The van der Waals surface area contributed by atoms with E-state index >= 15 is 0 Å². The molecule has 0 bridgehead atoms. The van der Waals surface area contributed by atoms with Crippen molar-refractivity contribution in [1.82, 2.24) is 15.2 Å². The molecule has 0 radical (unpaired) electrons. The van der Waals surface area contributed by atoms with E-state index in [1.165, 1.54) is 0 Å². The number of rotatable bonds is 4. The van der Waals surface area contributed by atoms with Gasteiger partial charge in [0.1, 0.15) is 11.3 Å². The van der Waals surface area contributed by atoms with Gasteiger partial charge in [0.25, 0.3) is 0 Å². The number of aromatic nitrogens is 3. The molecule has 1 aliphatic heterocycles. The number of hydrogen-bond donors (Lipinski definition) is 1. The maximum atomic E-state index is 11.9. The molecule has 2 N–H and O–H groups in total. The molecule has 0 saturated carbocycles. The van der Waals surface area contributed by atoms with Gasteiger partial charge in [-0.15, -0.1) is 10.2 Å². The molecule has 3 rings (SSSR count). The molecule has 0 atom stereocenters. The highest BCUT2D eigenvalue weighted by Crippen LogP contribution is 2.35. The standard InChI is InChI=1S/C18H21Cl2N5O2/c1-18(2,3)27-13(26)7-10-8-25(9-10)17-22-16(21)15(23-24-17)11-5-4-6-12(19)14(11)20/h4-6,10H,7-9H2,1-3H3,(H2,21,22,24). The molecule has 1 aliphatic rings. The third-order valence-corrected chi connectivity index (χ3v) is 4.84. The number of esters is 1. The number of anilines is 2. The van der Waals surface area contributed by atoms with Crippen LogP contribution in [0.2, 0.25) is 10.0 Å². The van der Waals surface area contributed by atoms with Crippen LogP contribution in [-0.4, -0.2) is 39.8 Å². The zero-order valence-electron chi connectivity index (χ0n) is 15.4. The summed E-state index contributed by atoms with van der Waals surface area (Å²) in [6.07, 6.45) is 0.368. The Morgan fingerprint density at radius 1 is 1.30 bits per heavy atom. The van der Waals surface area contributed by atoms with Crippen molar-refractivity contribution in [2.75, 3.05) is 23.7 Å². The van der Waals surface area contributed by atoms with E-state index in [0.717, 1.165) is 0 Å². The monoisotopic (exact) mass is 409 g/mol. The Kier molecular flexibility index (Phi) is 5.44. The van der Waals surface area contributed by atoms with Crippen LogP contribution in [0, 0.1) is 5.92 Å². The van der Waals surface area contributed by atoms with Gasteiger partial charge in [0.15, 0.2) is 5.82 Å². The number of carbonyl (C=O) groups is 1. The summed E-state index contributed by atoms with van der Waals surface area (Å²) in [5, 5.41) is 9.09. The zero-order valence-corrected chi connectivity index (χ0v) is 16.9. The summed E-state index contributed by atoms with van der Waals surface area (Å²) in [4.78, 5) is 18.1. The summed E-state index contributed by atoms with van der Waals surface area (Å²) in [5.41, 5.74) is 6.55. The van der Waals surface area contributed by atoms with E-state index in [2.05, 4.69) is 15.2 Å². The van der Waals surface area contributed by atoms with E-state index in [4.69, 9.17) is 33.7 Å². The van der Waals surface area contributed by atoms with Crippen molar-refractivity contribution in [2.24, 2.45) is 5.92 Å². The Balaban J connectivity index is 1.64. The van der Waals surface area contributed by atoms with Gasteiger partial charge >= 0.3 is 5.97 Å². The fourth-order valence-corrected chi connectivity index (χ4v) is 3.21. The quantitative estimate of drug-likeness (QED) is 0.770. The van der Waals surface area contributed by atoms with E-state index in [-0.39, 0.29) is 17.7 Å². The number of ether oxygens (including phenoxy) is 1. The predicted molar refractivity (Wildman–Crippen MR) is 106 cm³/mol. The Labute approximate surface area is 167 Å². The molecule has 1 saturated heterocycles. The first-order valence-corrected chi connectivity index (χ1v) is 9.31. The summed E-state index contributed by atoms with van der Waals surface area (Å²) in [5.74, 6) is 0.651. The predicted octanol–water partition coefficient (Wildman–Crippen LogP) is 3.60. The second-order valence-corrected chi connectivity index (χ2v) is 8.29. The van der Waals surface area contributed by atoms with Gasteiger partial charge in [0.05, 0.1) is 16.5 Å². The van der Waals surface area contributed by atoms with Gasteiger partial charge in [-0.1, -0.05) is 35.3 Å². The van der Waals surface area contributed by atoms with Crippen LogP contribution in [0.15, 0.2) is 18.2 Å². The lowest BCUT2D eigenvalue weighted by Gasteiger charge is -2.38. The van der Waals surface area contributed by atoms with Crippen molar-refractivity contribution >= 4 is 40.9 Å². The number of hydrogen-bond acceptors (Lipinski definition) is 7. The van der Waals surface area contributed by atoms with Gasteiger partial charge in [-0.3, -0.25) is 4.79 Å². The van der Waals surface area contributed by atoms with Crippen LogP contribution >= 0.6 is 23.2 Å². The van der Waals surface area contributed by atoms with E-state index in [9.17, 15) is 4.79 Å². The van der Waals surface area contributed by atoms with Crippen molar-refractivity contribution in [2.45, 2.75) is 32.8 Å². The molecule has 0 aliphatic carbocycles. The van der Waals surface area contributed by atoms with E-state index in [1.54, 1.807) is 18.2 Å². The summed E-state index contributed by atoms with van der Waals surface area (Å²) < 4.78 is 5.35. The largest absolute Gasteiger partial charge is 0.460 e. The fourth-order valence-electron chi connectivity index (χ4n) is 2.82. The average molecular weight is 410 g/mol. The topological polar surface area (TPSA) is 94.2 Å². The first-order chi connectivity index (χ1) is 12.6. The van der Waals surface area contributed by atoms with Crippen LogP contribution in [0.1, 0.15) is 27.2 Å². The maximum Gasteiger partial charge on any atom is 0.306 e. The van der Waals surface area contributed by atoms with Crippen LogP contribution < -0.4 is 10.6 Å². The molecule has 1 aromatic heterocycles. The average Bonchev–Trinajstić information content (AvgIpc) is 2.52. The third kappa shape index (κ3) is 4.59. The fraction of sp³-hybridized carbons (Fsp3) is 0.444. The molecule has 2 aromatic rings. The van der Waals surface area contributed by atoms with Crippen LogP contribution in [0.25, 0.3) is 11.3 Å². The van der Waals surface area contributed by atoms with Gasteiger partial charge in [-0.25, -0.2) is 0 Å². The number of halogens is 2. The Morgan fingerprint density at radius 2 is 2.00 bits per heavy atom. The summed E-state index contributed by atoms with van der Waals surface area (Å²) in [6, 6.07) is 5.20. The van der Waals surface area contributed by atoms with Gasteiger partial charge in [0.2, 0.25) is 5.95 Å². The second-order valence-electron chi connectivity index (χ2n) is 7.51. The molecule has 0 spiro atoms. The maximum absolute atomic E-state index is 11.9. The SMILES string of the molecule is CC(C)(C)OC(=O)CC1CN(c2nnc(-c3cccc(Cl)c3Cl)c(N)n2)C1. The summed E-state index contributed by atoms with van der Waals surface area (Å²) in [7, 11) is 0. The van der Waals surface area contributed by atoms with Crippen LogP contribution in [0.5, 0.6) is 0 Å². The zero-order chi connectivity index (χ0) is 19.8. The summed E-state index contributed by atoms with van der Waals surface area (Å²) in [6.45, 7) is 6.87. The lowest BCUT2D eigenvalue weighted by molar-refractivity contribution is -0.156. The molecule has 1 aromatic carbocycles. The normalized spacial score (nSPS) is 14.8. The number of nitrogens with zero attached hydrogens (tertiary/aromatic N) is 4. The molecular weight excluding hydrogens is 389 g/mol. The van der Waals surface area contributed by atoms with Crippen LogP contribution in [0.3, 0.4) is 0 Å². The first kappa shape index (κ1) is 19.6. The molecule has 7 nitrogen and oxygen atoms in total. The van der Waals surface area contributed by atoms with Crippen molar-refractivity contribution in [3.63, 3.8) is 0 Å². The van der Waals surface area contributed by atoms with Crippen molar-refractivity contribution in [1.29, 1.82) is 0 Å². The minimum atomic E-state index is -0.473. The van der Waals surface area contributed by atoms with Gasteiger partial charge in [-0.2, -0.15) is 4.98 Å². The molecule has 27 heavy (non-hydrogen) atoms. The van der Waals surface area contributed by atoms with Gasteiger partial charge < -0.3 is 15.4 Å². The molecule has 9 heteroatoms. The Bertz CT molecular complexity index is 863. The number of carbonyl (C=O) groups excluding carboxylic acids is 1. The molecule has 144 valence electrons. The van der Waals surface area contributed by atoms with Crippen LogP contribution in [-0.2, 0) is 9.53 Å². The lowest BCUT2D eigenvalue weighted by atomic mass is 9.97.